The molecule has 1 atom stereocenters. The molecule has 15 heavy (non-hydrogen) atoms. The highest BCUT2D eigenvalue weighted by molar-refractivity contribution is 7.12. The Morgan fingerprint density at radius 1 is 1.73 bits per heavy atom. The fourth-order valence-corrected chi connectivity index (χ4v) is 2.33. The lowest BCUT2D eigenvalue weighted by Crippen LogP contribution is -2.31. The number of nitrogens with two attached hydrogens (primary N) is 1. The summed E-state index contributed by atoms with van der Waals surface area (Å²) in [5.74, 6) is -0.0991. The summed E-state index contributed by atoms with van der Waals surface area (Å²) in [6.45, 7) is 1.39. The summed E-state index contributed by atoms with van der Waals surface area (Å²) in [6.07, 6.45) is 2.29. The van der Waals surface area contributed by atoms with Gasteiger partial charge in [0, 0.05) is 13.2 Å². The van der Waals surface area contributed by atoms with Gasteiger partial charge in [-0.3, -0.25) is 4.79 Å². The van der Waals surface area contributed by atoms with Gasteiger partial charge in [-0.05, 0) is 24.3 Å². The Morgan fingerprint density at radius 2 is 2.60 bits per heavy atom. The third kappa shape index (κ3) is 2.49. The van der Waals surface area contributed by atoms with Crippen LogP contribution in [0.4, 0.5) is 5.69 Å². The molecule has 1 unspecified atom stereocenters. The number of nitrogens with one attached hydrogen (secondary N) is 1. The first-order valence-corrected chi connectivity index (χ1v) is 5.88. The van der Waals surface area contributed by atoms with Gasteiger partial charge in [0.2, 0.25) is 0 Å². The van der Waals surface area contributed by atoms with Crippen LogP contribution < -0.4 is 11.1 Å². The third-order valence-electron chi connectivity index (χ3n) is 2.42. The van der Waals surface area contributed by atoms with E-state index >= 15 is 0 Å². The van der Waals surface area contributed by atoms with Crippen molar-refractivity contribution in [3.63, 3.8) is 0 Å². The fraction of sp³-hybridized carbons (Fsp3) is 0.500. The lowest BCUT2D eigenvalue weighted by atomic mass is 10.2. The van der Waals surface area contributed by atoms with Crippen LogP contribution in [-0.2, 0) is 4.74 Å². The van der Waals surface area contributed by atoms with Gasteiger partial charge in [-0.1, -0.05) is 0 Å². The van der Waals surface area contributed by atoms with Crippen molar-refractivity contribution < 1.29 is 9.53 Å². The van der Waals surface area contributed by atoms with E-state index in [-0.39, 0.29) is 12.0 Å². The van der Waals surface area contributed by atoms with Gasteiger partial charge in [0.15, 0.2) is 0 Å². The first-order chi connectivity index (χ1) is 7.27. The molecule has 0 aromatic carbocycles. The largest absolute Gasteiger partial charge is 0.397 e. The van der Waals surface area contributed by atoms with Crippen molar-refractivity contribution in [2.75, 3.05) is 18.9 Å². The van der Waals surface area contributed by atoms with Crippen LogP contribution in [0, 0.1) is 0 Å². The highest BCUT2D eigenvalue weighted by Gasteiger charge is 2.17. The quantitative estimate of drug-likeness (QED) is 0.815. The van der Waals surface area contributed by atoms with Gasteiger partial charge in [-0.25, -0.2) is 0 Å². The van der Waals surface area contributed by atoms with Crippen LogP contribution in [0.1, 0.15) is 22.5 Å². The van der Waals surface area contributed by atoms with Gasteiger partial charge in [0.05, 0.1) is 11.8 Å². The molecule has 1 aromatic rings. The molecule has 1 aromatic heterocycles. The maximum atomic E-state index is 11.6. The van der Waals surface area contributed by atoms with Gasteiger partial charge in [0.1, 0.15) is 4.88 Å². The molecule has 2 rings (SSSR count). The molecular formula is C10H14N2O2S. The highest BCUT2D eigenvalue weighted by atomic mass is 32.1. The average Bonchev–Trinajstić information content (AvgIpc) is 2.84. The molecular weight excluding hydrogens is 212 g/mol. The smallest absolute Gasteiger partial charge is 0.263 e. The van der Waals surface area contributed by atoms with Crippen molar-refractivity contribution in [3.8, 4) is 0 Å². The van der Waals surface area contributed by atoms with Crippen LogP contribution in [0.2, 0.25) is 0 Å². The van der Waals surface area contributed by atoms with Gasteiger partial charge < -0.3 is 15.8 Å². The van der Waals surface area contributed by atoms with Gasteiger partial charge in [0.25, 0.3) is 5.91 Å². The highest BCUT2D eigenvalue weighted by Crippen LogP contribution is 2.18. The summed E-state index contributed by atoms with van der Waals surface area (Å²) in [6, 6.07) is 1.74. The second kappa shape index (κ2) is 4.63. The number of carbonyl (C=O) groups is 1. The molecule has 0 radical (unpaired) electrons. The Labute approximate surface area is 92.4 Å². The second-order valence-electron chi connectivity index (χ2n) is 3.55. The van der Waals surface area contributed by atoms with Crippen LogP contribution in [0.5, 0.6) is 0 Å². The van der Waals surface area contributed by atoms with E-state index in [0.717, 1.165) is 19.4 Å². The molecule has 0 saturated carbocycles. The number of carbonyl (C=O) groups excluding carboxylic acids is 1. The molecule has 3 N–H and O–H groups in total. The molecule has 1 saturated heterocycles. The SMILES string of the molecule is Nc1ccsc1C(=O)NCC1CCCO1. The second-order valence-corrected chi connectivity index (χ2v) is 4.47. The summed E-state index contributed by atoms with van der Waals surface area (Å²) in [7, 11) is 0. The molecule has 4 nitrogen and oxygen atoms in total. The first-order valence-electron chi connectivity index (χ1n) is 5.00. The minimum atomic E-state index is -0.0991. The normalized spacial score (nSPS) is 20.4. The summed E-state index contributed by atoms with van der Waals surface area (Å²) < 4.78 is 5.41. The maximum absolute atomic E-state index is 11.6. The Hall–Kier alpha value is -1.07. The predicted molar refractivity (Wildman–Crippen MR) is 60.0 cm³/mol. The number of amides is 1. The molecule has 1 fully saturated rings. The Kier molecular flexibility index (Phi) is 3.23. The number of thiophene rings is 1. The Bertz CT molecular complexity index is 345. The number of hydrogen-bond acceptors (Lipinski definition) is 4. The van der Waals surface area contributed by atoms with E-state index in [1.165, 1.54) is 11.3 Å². The number of rotatable bonds is 3. The zero-order valence-electron chi connectivity index (χ0n) is 8.36. The first kappa shape index (κ1) is 10.4. The van der Waals surface area contributed by atoms with Crippen molar-refractivity contribution in [2.24, 2.45) is 0 Å². The topological polar surface area (TPSA) is 64.4 Å². The lowest BCUT2D eigenvalue weighted by molar-refractivity contribution is 0.0862. The van der Waals surface area contributed by atoms with Crippen molar-refractivity contribution >= 4 is 22.9 Å². The van der Waals surface area contributed by atoms with Gasteiger partial charge in [-0.15, -0.1) is 11.3 Å². The zero-order chi connectivity index (χ0) is 10.7. The minimum absolute atomic E-state index is 0.0991. The van der Waals surface area contributed by atoms with Crippen LogP contribution in [0.15, 0.2) is 11.4 Å². The van der Waals surface area contributed by atoms with Crippen LogP contribution in [0.25, 0.3) is 0 Å². The zero-order valence-corrected chi connectivity index (χ0v) is 9.18. The van der Waals surface area contributed by atoms with Gasteiger partial charge in [-0.2, -0.15) is 0 Å². The maximum Gasteiger partial charge on any atom is 0.263 e. The Balaban J connectivity index is 1.84. The molecule has 1 aliphatic heterocycles. The van der Waals surface area contributed by atoms with E-state index in [1.54, 1.807) is 6.07 Å². The monoisotopic (exact) mass is 226 g/mol. The van der Waals surface area contributed by atoms with Crippen molar-refractivity contribution in [3.05, 3.63) is 16.3 Å². The van der Waals surface area contributed by atoms with E-state index in [2.05, 4.69) is 5.32 Å². The molecule has 0 spiro atoms. The molecule has 1 aliphatic rings. The molecule has 5 heteroatoms. The van der Waals surface area contributed by atoms with E-state index in [9.17, 15) is 4.79 Å². The molecule has 1 amide bonds. The van der Waals surface area contributed by atoms with E-state index in [1.807, 2.05) is 5.38 Å². The molecule has 0 bridgehead atoms. The van der Waals surface area contributed by atoms with Crippen LogP contribution in [0.3, 0.4) is 0 Å². The van der Waals surface area contributed by atoms with Crippen molar-refractivity contribution in [2.45, 2.75) is 18.9 Å². The standard InChI is InChI=1S/C10H14N2O2S/c11-8-3-5-15-9(8)10(13)12-6-7-2-1-4-14-7/h3,5,7H,1-2,4,6,11H2,(H,12,13). The summed E-state index contributed by atoms with van der Waals surface area (Å²) in [5.41, 5.74) is 6.19. The molecule has 0 aliphatic carbocycles. The summed E-state index contributed by atoms with van der Waals surface area (Å²) >= 11 is 1.36. The number of hydrogen-bond donors (Lipinski definition) is 2. The number of nitrogen functional groups attached to an aromatic ring is 1. The van der Waals surface area contributed by atoms with Crippen molar-refractivity contribution in [1.29, 1.82) is 0 Å². The van der Waals surface area contributed by atoms with Gasteiger partial charge >= 0.3 is 0 Å². The number of anilines is 1. The van der Waals surface area contributed by atoms with E-state index < -0.39 is 0 Å². The van der Waals surface area contributed by atoms with Crippen molar-refractivity contribution in [1.82, 2.24) is 5.32 Å². The fourth-order valence-electron chi connectivity index (χ4n) is 1.60. The molecule has 2 heterocycles. The average molecular weight is 226 g/mol. The molecule has 82 valence electrons. The third-order valence-corrected chi connectivity index (χ3v) is 3.35. The summed E-state index contributed by atoms with van der Waals surface area (Å²) in [5, 5.41) is 4.65. The lowest BCUT2D eigenvalue weighted by Gasteiger charge is -2.10. The van der Waals surface area contributed by atoms with Crippen LogP contribution in [-0.4, -0.2) is 25.2 Å². The summed E-state index contributed by atoms with van der Waals surface area (Å²) in [4.78, 5) is 12.2. The Morgan fingerprint density at radius 3 is 3.20 bits per heavy atom. The number of ether oxygens (including phenoxy) is 1. The minimum Gasteiger partial charge on any atom is -0.397 e. The van der Waals surface area contributed by atoms with E-state index in [4.69, 9.17) is 10.5 Å². The van der Waals surface area contributed by atoms with E-state index in [0.29, 0.717) is 17.1 Å². The predicted octanol–water partition coefficient (Wildman–Crippen LogP) is 1.24. The van der Waals surface area contributed by atoms with Crippen LogP contribution >= 0.6 is 11.3 Å².